The van der Waals surface area contributed by atoms with E-state index in [1.807, 2.05) is 35.2 Å². The zero-order valence-electron chi connectivity index (χ0n) is 27.9. The molecule has 0 saturated carbocycles. The van der Waals surface area contributed by atoms with Crippen LogP contribution in [-0.2, 0) is 20.9 Å². The van der Waals surface area contributed by atoms with Gasteiger partial charge in [-0.05, 0) is 54.4 Å². The topological polar surface area (TPSA) is 164 Å². The van der Waals surface area contributed by atoms with Crippen LogP contribution in [0.25, 0.3) is 22.6 Å². The Hall–Kier alpha value is -6.46. The van der Waals surface area contributed by atoms with Crippen molar-refractivity contribution in [2.75, 3.05) is 36.5 Å². The number of carbonyl (C=O) groups is 2. The lowest BCUT2D eigenvalue weighted by Gasteiger charge is -2.34. The maximum absolute atomic E-state index is 15.2. The Morgan fingerprint density at radius 2 is 1.83 bits per heavy atom. The molecule has 0 spiro atoms. The van der Waals surface area contributed by atoms with Crippen LogP contribution in [0.1, 0.15) is 24.0 Å². The van der Waals surface area contributed by atoms with Gasteiger partial charge in [0.15, 0.2) is 11.6 Å². The molecule has 0 aliphatic carbocycles. The quantitative estimate of drug-likeness (QED) is 0.203. The van der Waals surface area contributed by atoms with Gasteiger partial charge in [-0.3, -0.25) is 19.7 Å². The molecule has 5 aromatic rings. The number of hydrogen-bond acceptors (Lipinski definition) is 11. The third-order valence-electron chi connectivity index (χ3n) is 8.74. The molecule has 2 atom stereocenters. The van der Waals surface area contributed by atoms with Crippen molar-refractivity contribution in [2.24, 2.45) is 0 Å². The Balaban J connectivity index is 0.948. The van der Waals surface area contributed by atoms with Crippen molar-refractivity contribution in [1.29, 1.82) is 5.26 Å². The first-order chi connectivity index (χ1) is 25.3. The van der Waals surface area contributed by atoms with E-state index in [0.29, 0.717) is 60.3 Å². The molecule has 2 amide bonds. The number of morpholine rings is 1. The van der Waals surface area contributed by atoms with Crippen LogP contribution in [-0.4, -0.2) is 70.0 Å². The van der Waals surface area contributed by atoms with Gasteiger partial charge in [0.05, 0.1) is 48.6 Å². The van der Waals surface area contributed by atoms with E-state index in [1.54, 1.807) is 48.8 Å². The number of nitrogens with zero attached hydrogens (tertiary/aromatic N) is 6. The average Bonchev–Trinajstić information content (AvgIpc) is 3.16. The van der Waals surface area contributed by atoms with Crippen molar-refractivity contribution in [2.45, 2.75) is 31.5 Å². The first kappa shape index (κ1) is 34.0. The van der Waals surface area contributed by atoms with Crippen LogP contribution >= 0.6 is 0 Å². The van der Waals surface area contributed by atoms with E-state index in [2.05, 4.69) is 31.8 Å². The Morgan fingerprint density at radius 3 is 2.63 bits per heavy atom. The lowest BCUT2D eigenvalue weighted by molar-refractivity contribution is -0.133. The zero-order chi connectivity index (χ0) is 36.0. The number of amides is 2. The van der Waals surface area contributed by atoms with Crippen molar-refractivity contribution in [1.82, 2.24) is 25.1 Å². The second-order valence-electron chi connectivity index (χ2n) is 12.4. The zero-order valence-corrected chi connectivity index (χ0v) is 27.9. The molecular formula is C38H33FN8O5. The molecule has 2 N–H and O–H groups in total. The summed E-state index contributed by atoms with van der Waals surface area (Å²) in [5.41, 5.74) is 4.03. The average molecular weight is 701 g/mol. The molecule has 262 valence electrons. The van der Waals surface area contributed by atoms with Crippen molar-refractivity contribution in [3.63, 3.8) is 0 Å². The van der Waals surface area contributed by atoms with Crippen LogP contribution < -0.4 is 25.8 Å². The van der Waals surface area contributed by atoms with Gasteiger partial charge in [0.2, 0.25) is 11.8 Å². The molecule has 2 saturated heterocycles. The van der Waals surface area contributed by atoms with Crippen molar-refractivity contribution >= 4 is 23.2 Å². The van der Waals surface area contributed by atoms with E-state index in [0.717, 1.165) is 16.7 Å². The first-order valence-electron chi connectivity index (χ1n) is 16.7. The van der Waals surface area contributed by atoms with Gasteiger partial charge in [0.1, 0.15) is 24.6 Å². The number of anilines is 2. The number of carbonyl (C=O) groups excluding carboxylic acids is 2. The summed E-state index contributed by atoms with van der Waals surface area (Å²) in [6, 6.07) is 23.9. The van der Waals surface area contributed by atoms with Gasteiger partial charge in [-0.25, -0.2) is 19.0 Å². The van der Waals surface area contributed by atoms with E-state index in [9.17, 15) is 19.6 Å². The van der Waals surface area contributed by atoms with E-state index >= 15 is 4.39 Å². The van der Waals surface area contributed by atoms with E-state index in [-0.39, 0.29) is 37.1 Å². The van der Waals surface area contributed by atoms with Gasteiger partial charge < -0.3 is 19.7 Å². The molecule has 4 heterocycles. The number of aromatic nitrogens is 4. The lowest BCUT2D eigenvalue weighted by Crippen LogP contribution is -2.47. The minimum absolute atomic E-state index is 0.201. The largest absolute Gasteiger partial charge is 0.488 e. The highest BCUT2D eigenvalue weighted by molar-refractivity contribution is 6.01. The second kappa shape index (κ2) is 15.2. The van der Waals surface area contributed by atoms with E-state index in [4.69, 9.17) is 9.47 Å². The second-order valence-corrected chi connectivity index (χ2v) is 12.4. The summed E-state index contributed by atoms with van der Waals surface area (Å²) in [5, 5.41) is 19.1. The van der Waals surface area contributed by atoms with Crippen LogP contribution in [0, 0.1) is 17.1 Å². The Bertz CT molecular complexity index is 2220. The Kier molecular flexibility index (Phi) is 9.94. The summed E-state index contributed by atoms with van der Waals surface area (Å²) in [5.74, 6) is -0.243. The van der Waals surface area contributed by atoms with Crippen molar-refractivity contribution in [3.05, 3.63) is 119 Å². The SMILES string of the molecule is N#Cc1cccc(-c2ccc(=O)n(Cc3cccc(-c4ncc(OC[C@@H]5CN(c6ccc(NC7CCC(=O)NC7=O)cc6F)CCO5)cn4)c3)n2)c1. The predicted molar refractivity (Wildman–Crippen MR) is 189 cm³/mol. The number of imide groups is 1. The van der Waals surface area contributed by atoms with Gasteiger partial charge >= 0.3 is 0 Å². The van der Waals surface area contributed by atoms with Crippen LogP contribution in [0.5, 0.6) is 5.75 Å². The molecule has 2 aliphatic heterocycles. The molecule has 14 heteroatoms. The van der Waals surface area contributed by atoms with Crippen LogP contribution in [0.3, 0.4) is 0 Å². The number of hydrogen-bond donors (Lipinski definition) is 2. The molecule has 13 nitrogen and oxygen atoms in total. The Morgan fingerprint density at radius 1 is 1.00 bits per heavy atom. The standard InChI is InChI=1S/C38H33FN8O5/c39-31-17-28(43-33-8-11-35(48)44-38(33)50)7-10-34(31)46-13-14-51-30(22-46)23-52-29-19-41-37(42-20-29)27-6-2-4-25(16-27)21-47-36(49)12-9-32(45-47)26-5-1-3-24(15-26)18-40/h1-7,9-10,12,15-17,19-20,30,33,43H,8,11,13-14,21-23H2,(H,44,48,50)/t30-,33?/m0/s1. The molecule has 2 fully saturated rings. The van der Waals surface area contributed by atoms with Gasteiger partial charge in [-0.15, -0.1) is 0 Å². The summed E-state index contributed by atoms with van der Waals surface area (Å²) in [4.78, 5) is 47.0. The van der Waals surface area contributed by atoms with Crippen LogP contribution in [0.15, 0.2) is 96.1 Å². The fourth-order valence-corrected chi connectivity index (χ4v) is 6.10. The monoisotopic (exact) mass is 700 g/mol. The van der Waals surface area contributed by atoms with Crippen molar-refractivity contribution in [3.8, 4) is 34.5 Å². The molecule has 3 aromatic carbocycles. The highest BCUT2D eigenvalue weighted by Gasteiger charge is 2.27. The first-order valence-corrected chi connectivity index (χ1v) is 16.7. The number of rotatable bonds is 10. The third kappa shape index (κ3) is 7.95. The predicted octanol–water partition coefficient (Wildman–Crippen LogP) is 3.93. The number of nitriles is 1. The normalized spacial score (nSPS) is 17.3. The Labute approximate surface area is 297 Å². The van der Waals surface area contributed by atoms with Gasteiger partial charge in [0.25, 0.3) is 5.56 Å². The van der Waals surface area contributed by atoms with E-state index in [1.165, 1.54) is 16.8 Å². The number of nitrogens with one attached hydrogen (secondary N) is 2. The third-order valence-corrected chi connectivity index (χ3v) is 8.74. The molecule has 0 bridgehead atoms. The lowest BCUT2D eigenvalue weighted by atomic mass is 10.1. The van der Waals surface area contributed by atoms with Gasteiger partial charge in [-0.1, -0.05) is 30.3 Å². The molecular weight excluding hydrogens is 667 g/mol. The fraction of sp³-hybridized carbons (Fsp3) is 0.237. The summed E-state index contributed by atoms with van der Waals surface area (Å²) >= 11 is 0. The molecule has 2 aromatic heterocycles. The number of benzene rings is 3. The number of ether oxygens (including phenoxy) is 2. The van der Waals surface area contributed by atoms with Crippen LogP contribution in [0.2, 0.25) is 0 Å². The summed E-state index contributed by atoms with van der Waals surface area (Å²) < 4.78 is 28.4. The van der Waals surface area contributed by atoms with Crippen LogP contribution in [0.4, 0.5) is 15.8 Å². The maximum Gasteiger partial charge on any atom is 0.267 e. The summed E-state index contributed by atoms with van der Waals surface area (Å²) in [6.45, 7) is 1.71. The number of halogens is 1. The molecule has 2 aliphatic rings. The fourth-order valence-electron chi connectivity index (χ4n) is 6.10. The minimum atomic E-state index is -0.600. The minimum Gasteiger partial charge on any atom is -0.488 e. The number of piperidine rings is 1. The highest BCUT2D eigenvalue weighted by Crippen LogP contribution is 2.26. The summed E-state index contributed by atoms with van der Waals surface area (Å²) in [6.07, 6.45) is 3.40. The van der Waals surface area contributed by atoms with Gasteiger partial charge in [-0.2, -0.15) is 10.4 Å². The van der Waals surface area contributed by atoms with Gasteiger partial charge in [0, 0.05) is 42.4 Å². The molecule has 7 rings (SSSR count). The highest BCUT2D eigenvalue weighted by atomic mass is 19.1. The molecule has 0 radical (unpaired) electrons. The smallest absolute Gasteiger partial charge is 0.267 e. The summed E-state index contributed by atoms with van der Waals surface area (Å²) in [7, 11) is 0. The van der Waals surface area contributed by atoms with E-state index < -0.39 is 17.8 Å². The molecule has 52 heavy (non-hydrogen) atoms. The van der Waals surface area contributed by atoms with Crippen molar-refractivity contribution < 1.29 is 23.5 Å². The molecule has 1 unspecified atom stereocenters. The maximum atomic E-state index is 15.2.